The fourth-order valence-corrected chi connectivity index (χ4v) is 8.67. The van der Waals surface area contributed by atoms with Crippen molar-refractivity contribution in [2.75, 3.05) is 27.3 Å². The summed E-state index contributed by atoms with van der Waals surface area (Å²) in [5, 5.41) is 7.38. The first-order valence-corrected chi connectivity index (χ1v) is 20.0. The van der Waals surface area contributed by atoms with Crippen molar-refractivity contribution in [3.63, 3.8) is 0 Å². The summed E-state index contributed by atoms with van der Waals surface area (Å²) in [6, 6.07) is 12.7. The standard InChI is InChI=1S/C43H50N8O7/c1-22(2)35(48-42(54)56-5)40(52)50-15-7-9-32(50)38-44-20-31(46-38)25-11-13-27-26(17-25)21-58-34-19-28-24(18-29(27)34)12-14-30-37(28)47-39(45-30)33-10-8-16-51(33)41(53)36(23(3)4)49-43(55)57-6/h11-14,17-20,22-23,32-33,35-36H,7-10,15-16,21H2,1-6H3,(H,44,46)(H,45,47)(H,48,54)(H,49,55). The monoisotopic (exact) mass is 790 g/mol. The zero-order valence-electron chi connectivity index (χ0n) is 33.7. The Morgan fingerprint density at radius 3 is 2.05 bits per heavy atom. The number of alkyl carbamates (subject to hydrolysis) is 2. The van der Waals surface area contributed by atoms with Gasteiger partial charge in [0, 0.05) is 24.0 Å². The van der Waals surface area contributed by atoms with Crippen LogP contribution in [-0.2, 0) is 25.7 Å². The Kier molecular flexibility index (Phi) is 10.5. The van der Waals surface area contributed by atoms with Crippen LogP contribution in [0, 0.1) is 11.8 Å². The molecule has 0 aliphatic carbocycles. The van der Waals surface area contributed by atoms with Crippen molar-refractivity contribution in [2.45, 2.75) is 84.2 Å². The summed E-state index contributed by atoms with van der Waals surface area (Å²) in [6.45, 7) is 9.15. The van der Waals surface area contributed by atoms with Gasteiger partial charge in [0.1, 0.15) is 36.1 Å². The second kappa shape index (κ2) is 15.7. The molecule has 15 nitrogen and oxygen atoms in total. The Balaban J connectivity index is 1.03. The Morgan fingerprint density at radius 2 is 1.43 bits per heavy atom. The number of hydrogen-bond donors (Lipinski definition) is 4. The van der Waals surface area contributed by atoms with Crippen LogP contribution in [0.15, 0.2) is 48.7 Å². The van der Waals surface area contributed by atoms with E-state index >= 15 is 0 Å². The van der Waals surface area contributed by atoms with Gasteiger partial charge in [0.05, 0.1) is 49.2 Å². The van der Waals surface area contributed by atoms with Crippen LogP contribution in [0.25, 0.3) is 44.2 Å². The summed E-state index contributed by atoms with van der Waals surface area (Å²) in [5.74, 6) is 1.66. The fourth-order valence-electron chi connectivity index (χ4n) is 8.67. The fraction of sp³-hybridized carbons (Fsp3) is 0.442. The molecule has 2 fully saturated rings. The zero-order chi connectivity index (χ0) is 40.8. The summed E-state index contributed by atoms with van der Waals surface area (Å²) in [5.41, 5.74) is 6.60. The highest BCUT2D eigenvalue weighted by Crippen LogP contribution is 2.43. The number of hydrogen-bond acceptors (Lipinski definition) is 9. The molecule has 2 saturated heterocycles. The summed E-state index contributed by atoms with van der Waals surface area (Å²) >= 11 is 0. The molecule has 5 heterocycles. The number of benzene rings is 3. The van der Waals surface area contributed by atoms with Crippen molar-refractivity contribution in [1.29, 1.82) is 0 Å². The number of methoxy groups -OCH3 is 2. The number of fused-ring (bicyclic) bond motifs is 6. The Hall–Kier alpha value is -6.12. The molecule has 3 aliphatic rings. The van der Waals surface area contributed by atoms with Crippen molar-refractivity contribution in [3.05, 3.63) is 65.9 Å². The van der Waals surface area contributed by atoms with Crippen LogP contribution >= 0.6 is 0 Å². The number of nitrogens with zero attached hydrogens (tertiary/aromatic N) is 4. The number of amides is 4. The van der Waals surface area contributed by atoms with Gasteiger partial charge in [-0.15, -0.1) is 0 Å². The minimum Gasteiger partial charge on any atom is -0.488 e. The third-order valence-electron chi connectivity index (χ3n) is 11.8. The molecule has 4 unspecified atom stereocenters. The summed E-state index contributed by atoms with van der Waals surface area (Å²) in [7, 11) is 2.58. The van der Waals surface area contributed by atoms with Gasteiger partial charge in [-0.2, -0.15) is 0 Å². The third kappa shape index (κ3) is 7.06. The largest absolute Gasteiger partial charge is 0.488 e. The average molecular weight is 791 g/mol. The van der Waals surface area contributed by atoms with Crippen molar-refractivity contribution in [3.8, 4) is 28.1 Å². The van der Waals surface area contributed by atoms with Gasteiger partial charge in [-0.3, -0.25) is 9.59 Å². The van der Waals surface area contributed by atoms with Gasteiger partial charge >= 0.3 is 12.2 Å². The quantitative estimate of drug-likeness (QED) is 0.125. The number of aromatic nitrogens is 4. The van der Waals surface area contributed by atoms with Crippen LogP contribution in [0.2, 0.25) is 0 Å². The molecule has 3 aliphatic heterocycles. The van der Waals surface area contributed by atoms with Crippen LogP contribution < -0.4 is 15.4 Å². The first-order valence-electron chi connectivity index (χ1n) is 20.0. The van der Waals surface area contributed by atoms with Crippen molar-refractivity contribution in [1.82, 2.24) is 40.4 Å². The van der Waals surface area contributed by atoms with Crippen LogP contribution in [0.1, 0.15) is 82.7 Å². The highest BCUT2D eigenvalue weighted by Gasteiger charge is 2.39. The van der Waals surface area contributed by atoms with E-state index in [0.717, 1.165) is 87.0 Å². The molecule has 8 rings (SSSR count). The van der Waals surface area contributed by atoms with Crippen molar-refractivity contribution >= 4 is 45.8 Å². The third-order valence-corrected chi connectivity index (χ3v) is 11.8. The van der Waals surface area contributed by atoms with E-state index in [1.165, 1.54) is 14.2 Å². The number of carbonyl (C=O) groups excluding carboxylic acids is 4. The van der Waals surface area contributed by atoms with Gasteiger partial charge in [0.15, 0.2) is 0 Å². The van der Waals surface area contributed by atoms with Gasteiger partial charge in [0.25, 0.3) is 0 Å². The van der Waals surface area contributed by atoms with Crippen molar-refractivity contribution < 1.29 is 33.4 Å². The van der Waals surface area contributed by atoms with Crippen LogP contribution in [-0.4, -0.2) is 93.1 Å². The second-order valence-electron chi connectivity index (χ2n) is 16.1. The lowest BCUT2D eigenvalue weighted by molar-refractivity contribution is -0.136. The number of imidazole rings is 2. The van der Waals surface area contributed by atoms with Crippen LogP contribution in [0.4, 0.5) is 9.59 Å². The highest BCUT2D eigenvalue weighted by molar-refractivity contribution is 6.07. The van der Waals surface area contributed by atoms with Crippen LogP contribution in [0.5, 0.6) is 5.75 Å². The maximum Gasteiger partial charge on any atom is 0.407 e. The molecule has 4 atom stereocenters. The lowest BCUT2D eigenvalue weighted by Crippen LogP contribution is -2.51. The molecule has 2 aromatic heterocycles. The van der Waals surface area contributed by atoms with E-state index in [0.29, 0.717) is 25.5 Å². The Labute approximate surface area is 336 Å². The second-order valence-corrected chi connectivity index (χ2v) is 16.1. The maximum absolute atomic E-state index is 13.7. The Morgan fingerprint density at radius 1 is 0.793 bits per heavy atom. The van der Waals surface area contributed by atoms with E-state index in [9.17, 15) is 19.2 Å². The minimum atomic E-state index is -0.708. The van der Waals surface area contributed by atoms with Gasteiger partial charge in [-0.1, -0.05) is 45.9 Å². The smallest absolute Gasteiger partial charge is 0.407 e. The van der Waals surface area contributed by atoms with Crippen LogP contribution in [0.3, 0.4) is 0 Å². The lowest BCUT2D eigenvalue weighted by Gasteiger charge is -2.30. The molecule has 4 N–H and O–H groups in total. The number of likely N-dealkylation sites (tertiary alicyclic amines) is 2. The molecule has 304 valence electrons. The molecule has 0 bridgehead atoms. The highest BCUT2D eigenvalue weighted by atomic mass is 16.5. The van der Waals surface area contributed by atoms with E-state index in [-0.39, 0.29) is 35.7 Å². The number of aromatic amines is 2. The maximum atomic E-state index is 13.7. The molecule has 0 radical (unpaired) electrons. The SMILES string of the molecule is COC(=O)NC(C(=O)N1CCCC1c1ncc(-c2ccc3c(c2)COc2cc4c(ccc5[nH]c(C6CCCN6C(=O)C(NC(=O)OC)C(C)C)nc54)cc2-3)[nH]1)C(C)C. The van der Waals surface area contributed by atoms with E-state index in [1.54, 1.807) is 0 Å². The normalized spacial score (nSPS) is 18.6. The van der Waals surface area contributed by atoms with E-state index in [1.807, 2.05) is 49.8 Å². The van der Waals surface area contributed by atoms with Gasteiger partial charge < -0.3 is 44.6 Å². The number of H-pyrrole nitrogens is 2. The van der Waals surface area contributed by atoms with Gasteiger partial charge in [-0.05, 0) is 83.9 Å². The zero-order valence-corrected chi connectivity index (χ0v) is 33.7. The predicted molar refractivity (Wildman–Crippen MR) is 217 cm³/mol. The lowest BCUT2D eigenvalue weighted by atomic mass is 9.92. The molecule has 15 heteroatoms. The van der Waals surface area contributed by atoms with Gasteiger partial charge in [0.2, 0.25) is 11.8 Å². The predicted octanol–water partition coefficient (Wildman–Crippen LogP) is 6.75. The number of nitrogens with one attached hydrogen (secondary N) is 4. The summed E-state index contributed by atoms with van der Waals surface area (Å²) < 4.78 is 16.0. The Bertz CT molecular complexity index is 2400. The summed E-state index contributed by atoms with van der Waals surface area (Å²) in [6.07, 6.45) is 3.74. The number of rotatable bonds is 9. The van der Waals surface area contributed by atoms with E-state index in [2.05, 4.69) is 57.0 Å². The molecule has 0 saturated carbocycles. The first kappa shape index (κ1) is 38.7. The molecule has 5 aromatic rings. The molecular formula is C43H50N8O7. The number of ether oxygens (including phenoxy) is 3. The van der Waals surface area contributed by atoms with Crippen molar-refractivity contribution in [2.24, 2.45) is 11.8 Å². The minimum absolute atomic E-state index is 0.116. The molecule has 4 amide bonds. The summed E-state index contributed by atoms with van der Waals surface area (Å²) in [4.78, 5) is 71.8. The first-order chi connectivity index (χ1) is 27.9. The molecule has 0 spiro atoms. The molecule has 58 heavy (non-hydrogen) atoms. The van der Waals surface area contributed by atoms with E-state index in [4.69, 9.17) is 24.2 Å². The average Bonchev–Trinajstić information content (AvgIpc) is 4.06. The van der Waals surface area contributed by atoms with E-state index < -0.39 is 24.3 Å². The number of carbonyl (C=O) groups is 4. The molecular weight excluding hydrogens is 741 g/mol. The topological polar surface area (TPSA) is 184 Å². The van der Waals surface area contributed by atoms with Gasteiger partial charge in [-0.25, -0.2) is 19.6 Å². The molecule has 3 aromatic carbocycles.